The van der Waals surface area contributed by atoms with Crippen molar-refractivity contribution in [3.63, 3.8) is 0 Å². The van der Waals surface area contributed by atoms with Gasteiger partial charge < -0.3 is 9.47 Å². The van der Waals surface area contributed by atoms with Crippen LogP contribution in [0.4, 0.5) is 10.5 Å². The molecule has 1 aliphatic rings. The lowest BCUT2D eigenvalue weighted by Crippen LogP contribution is -2.54. The second-order valence-corrected chi connectivity index (χ2v) is 9.22. The van der Waals surface area contributed by atoms with Gasteiger partial charge in [-0.15, -0.1) is 0 Å². The van der Waals surface area contributed by atoms with Crippen LogP contribution >= 0.6 is 23.2 Å². The lowest BCUT2D eigenvalue weighted by atomic mass is 9.99. The number of carbonyl (C=O) groups is 3. The Morgan fingerprint density at radius 2 is 1.68 bits per heavy atom. The van der Waals surface area contributed by atoms with Gasteiger partial charge in [0.25, 0.3) is 11.8 Å². The Morgan fingerprint density at radius 3 is 2.42 bits per heavy atom. The van der Waals surface area contributed by atoms with E-state index < -0.39 is 17.8 Å². The maximum Gasteiger partial charge on any atom is 0.335 e. The maximum absolute atomic E-state index is 13.4. The number of hydrogen-bond donors (Lipinski definition) is 1. The van der Waals surface area contributed by atoms with Gasteiger partial charge in [0.15, 0.2) is 0 Å². The molecule has 0 atom stereocenters. The summed E-state index contributed by atoms with van der Waals surface area (Å²) in [6, 6.07) is 21.8. The number of ether oxygens (including phenoxy) is 2. The molecule has 4 aromatic carbocycles. The van der Waals surface area contributed by atoms with Gasteiger partial charge in [0.2, 0.25) is 0 Å². The van der Waals surface area contributed by atoms with E-state index in [1.165, 1.54) is 13.2 Å². The van der Waals surface area contributed by atoms with Crippen molar-refractivity contribution < 1.29 is 23.9 Å². The summed E-state index contributed by atoms with van der Waals surface area (Å²) in [5, 5.41) is 4.96. The highest BCUT2D eigenvalue weighted by atomic mass is 35.5. The topological polar surface area (TPSA) is 84.9 Å². The Hall–Kier alpha value is -4.33. The van der Waals surface area contributed by atoms with Crippen molar-refractivity contribution in [1.82, 2.24) is 5.32 Å². The number of benzene rings is 4. The Labute approximate surface area is 228 Å². The average Bonchev–Trinajstić information content (AvgIpc) is 2.91. The van der Waals surface area contributed by atoms with E-state index >= 15 is 0 Å². The van der Waals surface area contributed by atoms with Crippen molar-refractivity contribution in [3.05, 3.63) is 106 Å². The van der Waals surface area contributed by atoms with Crippen LogP contribution < -0.4 is 19.7 Å². The van der Waals surface area contributed by atoms with Crippen LogP contribution in [-0.4, -0.2) is 25.0 Å². The molecule has 1 heterocycles. The van der Waals surface area contributed by atoms with Crippen molar-refractivity contribution in [1.29, 1.82) is 0 Å². The van der Waals surface area contributed by atoms with Crippen LogP contribution in [0.1, 0.15) is 11.1 Å². The van der Waals surface area contributed by atoms with Crippen molar-refractivity contribution in [2.75, 3.05) is 12.0 Å². The molecular weight excluding hydrogens is 527 g/mol. The fraction of sp³-hybridized carbons (Fsp3) is 0.0690. The van der Waals surface area contributed by atoms with E-state index in [0.717, 1.165) is 21.2 Å². The molecule has 5 rings (SSSR count). The number of fused-ring (bicyclic) bond motifs is 1. The third kappa shape index (κ3) is 4.94. The molecule has 9 heteroatoms. The summed E-state index contributed by atoms with van der Waals surface area (Å²) < 4.78 is 11.3. The highest BCUT2D eigenvalue weighted by Crippen LogP contribution is 2.32. The zero-order valence-electron chi connectivity index (χ0n) is 20.0. The molecule has 0 aromatic heterocycles. The quantitative estimate of drug-likeness (QED) is 0.223. The fourth-order valence-electron chi connectivity index (χ4n) is 4.13. The first-order valence-electron chi connectivity index (χ1n) is 11.5. The molecular formula is C29H20Cl2N2O5. The molecule has 4 amide bonds. The summed E-state index contributed by atoms with van der Waals surface area (Å²) in [7, 11) is 1.51. The number of anilines is 1. The maximum atomic E-state index is 13.4. The van der Waals surface area contributed by atoms with E-state index in [0.29, 0.717) is 27.1 Å². The van der Waals surface area contributed by atoms with Crippen LogP contribution in [0.25, 0.3) is 16.8 Å². The van der Waals surface area contributed by atoms with Gasteiger partial charge in [-0.3, -0.25) is 14.9 Å². The molecule has 0 bridgehead atoms. The number of nitrogens with zero attached hydrogens (tertiary/aromatic N) is 1. The summed E-state index contributed by atoms with van der Waals surface area (Å²) in [5.74, 6) is -0.555. The molecule has 1 aliphatic heterocycles. The molecule has 0 saturated carbocycles. The molecule has 0 radical (unpaired) electrons. The smallest absolute Gasteiger partial charge is 0.335 e. The molecule has 0 aliphatic carbocycles. The van der Waals surface area contributed by atoms with Crippen LogP contribution in [0.5, 0.6) is 11.5 Å². The normalized spacial score (nSPS) is 14.7. The lowest BCUT2D eigenvalue weighted by Gasteiger charge is -2.26. The Balaban J connectivity index is 1.42. The summed E-state index contributed by atoms with van der Waals surface area (Å²) in [4.78, 5) is 39.7. The summed E-state index contributed by atoms with van der Waals surface area (Å²) >= 11 is 12.1. The van der Waals surface area contributed by atoms with Crippen molar-refractivity contribution in [2.45, 2.75) is 6.61 Å². The molecule has 38 heavy (non-hydrogen) atoms. The van der Waals surface area contributed by atoms with Gasteiger partial charge in [-0.25, -0.2) is 9.69 Å². The third-order valence-corrected chi connectivity index (χ3v) is 6.63. The van der Waals surface area contributed by atoms with E-state index in [1.54, 1.807) is 48.5 Å². The van der Waals surface area contributed by atoms with Gasteiger partial charge in [0, 0.05) is 21.2 Å². The van der Waals surface area contributed by atoms with Gasteiger partial charge in [-0.1, -0.05) is 59.6 Å². The Kier molecular flexibility index (Phi) is 7.05. The number of carbonyl (C=O) groups excluding carboxylic acids is 3. The molecule has 4 aromatic rings. The number of hydrogen-bond acceptors (Lipinski definition) is 5. The SMILES string of the molecule is COc1ccc2ccccc2c1/C=C1\C(=O)NC(=O)N(c2ccc(OCc3ccc(Cl)cc3Cl)cc2)C1=O. The summed E-state index contributed by atoms with van der Waals surface area (Å²) in [6.07, 6.45) is 1.45. The van der Waals surface area contributed by atoms with E-state index in [4.69, 9.17) is 32.7 Å². The minimum atomic E-state index is -0.844. The molecule has 0 spiro atoms. The monoisotopic (exact) mass is 546 g/mol. The highest BCUT2D eigenvalue weighted by molar-refractivity contribution is 6.39. The number of barbiturate groups is 1. The Bertz CT molecular complexity index is 1620. The Morgan fingerprint density at radius 1 is 0.921 bits per heavy atom. The first kappa shape index (κ1) is 25.3. The number of nitrogens with one attached hydrogen (secondary N) is 1. The van der Waals surface area contributed by atoms with E-state index in [2.05, 4.69) is 5.32 Å². The number of amides is 4. The molecule has 1 N–H and O–H groups in total. The van der Waals surface area contributed by atoms with Crippen molar-refractivity contribution >= 4 is 63.6 Å². The van der Waals surface area contributed by atoms with Crippen LogP contribution in [-0.2, 0) is 16.2 Å². The summed E-state index contributed by atoms with van der Waals surface area (Å²) in [5.41, 5.74) is 1.38. The molecule has 7 nitrogen and oxygen atoms in total. The second kappa shape index (κ2) is 10.6. The molecule has 190 valence electrons. The second-order valence-electron chi connectivity index (χ2n) is 8.38. The first-order valence-corrected chi connectivity index (χ1v) is 12.3. The first-order chi connectivity index (χ1) is 18.4. The highest BCUT2D eigenvalue weighted by Gasteiger charge is 2.37. The minimum Gasteiger partial charge on any atom is -0.496 e. The van der Waals surface area contributed by atoms with Gasteiger partial charge in [-0.05, 0) is 59.3 Å². The van der Waals surface area contributed by atoms with E-state index in [9.17, 15) is 14.4 Å². The number of methoxy groups -OCH3 is 1. The molecule has 0 unspecified atom stereocenters. The number of halogens is 2. The number of rotatable bonds is 6. The number of urea groups is 1. The van der Waals surface area contributed by atoms with E-state index in [-0.39, 0.29) is 17.9 Å². The van der Waals surface area contributed by atoms with Crippen LogP contribution in [0.3, 0.4) is 0 Å². The van der Waals surface area contributed by atoms with Crippen molar-refractivity contribution in [3.8, 4) is 11.5 Å². The minimum absolute atomic E-state index is 0.197. The standard InChI is InChI=1S/C29H20Cl2N2O5/c1-37-26-13-7-17-4-2-3-5-22(17)23(26)15-24-27(34)32-29(36)33(28(24)35)20-9-11-21(12-10-20)38-16-18-6-8-19(30)14-25(18)31/h2-15H,16H2,1H3,(H,32,34,36)/b24-15+. The number of imide groups is 2. The van der Waals surface area contributed by atoms with Crippen molar-refractivity contribution in [2.24, 2.45) is 0 Å². The third-order valence-electron chi connectivity index (χ3n) is 6.05. The largest absolute Gasteiger partial charge is 0.496 e. The van der Waals surface area contributed by atoms with Gasteiger partial charge in [0.1, 0.15) is 23.7 Å². The average molecular weight is 547 g/mol. The fourth-order valence-corrected chi connectivity index (χ4v) is 4.59. The predicted molar refractivity (Wildman–Crippen MR) is 147 cm³/mol. The predicted octanol–water partition coefficient (Wildman–Crippen LogP) is 6.40. The molecule has 1 fully saturated rings. The zero-order chi connectivity index (χ0) is 26.8. The zero-order valence-corrected chi connectivity index (χ0v) is 21.5. The van der Waals surface area contributed by atoms with Crippen LogP contribution in [0, 0.1) is 0 Å². The molecule has 1 saturated heterocycles. The van der Waals surface area contributed by atoms with Gasteiger partial charge >= 0.3 is 6.03 Å². The van der Waals surface area contributed by atoms with E-state index in [1.807, 2.05) is 30.3 Å². The van der Waals surface area contributed by atoms with Gasteiger partial charge in [-0.2, -0.15) is 0 Å². The van der Waals surface area contributed by atoms with Crippen LogP contribution in [0.2, 0.25) is 10.0 Å². The summed E-state index contributed by atoms with van der Waals surface area (Å²) in [6.45, 7) is 0.201. The van der Waals surface area contributed by atoms with Gasteiger partial charge in [0.05, 0.1) is 12.8 Å². The van der Waals surface area contributed by atoms with Crippen LogP contribution in [0.15, 0.2) is 84.4 Å². The lowest BCUT2D eigenvalue weighted by molar-refractivity contribution is -0.122.